The summed E-state index contributed by atoms with van der Waals surface area (Å²) in [5, 5.41) is 3.25. The van der Waals surface area contributed by atoms with Gasteiger partial charge >= 0.3 is 0 Å². The third-order valence-corrected chi connectivity index (χ3v) is 3.26. The quantitative estimate of drug-likeness (QED) is 0.692. The standard InChI is InChI=1S/C14H24N2/c1-6-10-14(4,5)16-11-9-12(15-8-3)13(16)7-2/h7-9,11-13,15H,2-3,6,10H2,1,4-5H3. The summed E-state index contributed by atoms with van der Waals surface area (Å²) in [4.78, 5) is 2.39. The Hall–Kier alpha value is -1.18. The third-order valence-electron chi connectivity index (χ3n) is 3.26. The molecule has 0 fully saturated rings. The van der Waals surface area contributed by atoms with E-state index in [1.807, 2.05) is 6.08 Å². The largest absolute Gasteiger partial charge is 0.383 e. The van der Waals surface area contributed by atoms with E-state index in [1.165, 1.54) is 12.8 Å². The van der Waals surface area contributed by atoms with Crippen LogP contribution >= 0.6 is 0 Å². The Morgan fingerprint density at radius 3 is 2.62 bits per heavy atom. The van der Waals surface area contributed by atoms with Crippen LogP contribution in [0.3, 0.4) is 0 Å². The predicted molar refractivity (Wildman–Crippen MR) is 71.1 cm³/mol. The summed E-state index contributed by atoms with van der Waals surface area (Å²) in [6.45, 7) is 14.5. The minimum absolute atomic E-state index is 0.182. The van der Waals surface area contributed by atoms with Gasteiger partial charge in [0.25, 0.3) is 0 Å². The summed E-state index contributed by atoms with van der Waals surface area (Å²) in [6.07, 6.45) is 10.5. The SMILES string of the molecule is C=CNC1C=CN(C(C)(C)CCC)C1C=C. The van der Waals surface area contributed by atoms with Gasteiger partial charge in [-0.25, -0.2) is 0 Å². The Labute approximate surface area is 99.7 Å². The smallest absolute Gasteiger partial charge is 0.0708 e. The van der Waals surface area contributed by atoms with Crippen molar-refractivity contribution >= 4 is 0 Å². The van der Waals surface area contributed by atoms with Gasteiger partial charge in [-0.15, -0.1) is 6.58 Å². The highest BCUT2D eigenvalue weighted by molar-refractivity contribution is 5.18. The molecule has 1 aliphatic heterocycles. The second-order valence-corrected chi connectivity index (χ2v) is 4.93. The van der Waals surface area contributed by atoms with Gasteiger partial charge in [0.15, 0.2) is 0 Å². The fourth-order valence-corrected chi connectivity index (χ4v) is 2.47. The molecule has 0 saturated heterocycles. The van der Waals surface area contributed by atoms with Crippen LogP contribution in [0.15, 0.2) is 37.7 Å². The number of hydrogen-bond donors (Lipinski definition) is 1. The van der Waals surface area contributed by atoms with Crippen molar-refractivity contribution in [1.29, 1.82) is 0 Å². The van der Waals surface area contributed by atoms with E-state index in [1.54, 1.807) is 6.20 Å². The molecular weight excluding hydrogens is 196 g/mol. The molecule has 1 N–H and O–H groups in total. The summed E-state index contributed by atoms with van der Waals surface area (Å²) in [7, 11) is 0. The van der Waals surface area contributed by atoms with Crippen molar-refractivity contribution in [2.75, 3.05) is 0 Å². The van der Waals surface area contributed by atoms with E-state index in [0.29, 0.717) is 12.1 Å². The maximum absolute atomic E-state index is 3.94. The Morgan fingerprint density at radius 2 is 2.12 bits per heavy atom. The Bertz CT molecular complexity index is 278. The molecular formula is C14H24N2. The van der Waals surface area contributed by atoms with E-state index >= 15 is 0 Å². The van der Waals surface area contributed by atoms with Crippen molar-refractivity contribution in [3.05, 3.63) is 37.7 Å². The van der Waals surface area contributed by atoms with E-state index in [2.05, 4.69) is 56.4 Å². The van der Waals surface area contributed by atoms with Gasteiger partial charge in [0.05, 0.1) is 12.1 Å². The molecule has 1 aliphatic rings. The normalized spacial score (nSPS) is 24.6. The Balaban J connectivity index is 2.79. The first-order valence-corrected chi connectivity index (χ1v) is 6.03. The van der Waals surface area contributed by atoms with Gasteiger partial charge in [-0.1, -0.05) is 26.0 Å². The molecule has 2 atom stereocenters. The fraction of sp³-hybridized carbons (Fsp3) is 0.571. The average Bonchev–Trinajstić information content (AvgIpc) is 2.62. The summed E-state index contributed by atoms with van der Waals surface area (Å²) in [5.74, 6) is 0. The topological polar surface area (TPSA) is 15.3 Å². The summed E-state index contributed by atoms with van der Waals surface area (Å²) >= 11 is 0. The molecule has 0 saturated carbocycles. The fourth-order valence-electron chi connectivity index (χ4n) is 2.47. The van der Waals surface area contributed by atoms with Gasteiger partial charge in [-0.2, -0.15) is 0 Å². The molecule has 0 bridgehead atoms. The molecule has 0 radical (unpaired) electrons. The number of nitrogens with one attached hydrogen (secondary N) is 1. The average molecular weight is 220 g/mol. The molecule has 0 aliphatic carbocycles. The summed E-state index contributed by atoms with van der Waals surface area (Å²) in [5.41, 5.74) is 0.182. The van der Waals surface area contributed by atoms with Crippen molar-refractivity contribution in [3.8, 4) is 0 Å². The van der Waals surface area contributed by atoms with Crippen molar-refractivity contribution in [2.45, 2.75) is 51.2 Å². The number of rotatable bonds is 6. The zero-order chi connectivity index (χ0) is 12.2. The molecule has 1 rings (SSSR count). The molecule has 1 heterocycles. The second-order valence-electron chi connectivity index (χ2n) is 4.93. The van der Waals surface area contributed by atoms with Crippen LogP contribution in [-0.4, -0.2) is 22.5 Å². The van der Waals surface area contributed by atoms with Gasteiger partial charge in [0, 0.05) is 5.54 Å². The minimum Gasteiger partial charge on any atom is -0.383 e. The van der Waals surface area contributed by atoms with E-state index in [-0.39, 0.29) is 5.54 Å². The Kier molecular flexibility index (Phi) is 4.22. The van der Waals surface area contributed by atoms with Crippen molar-refractivity contribution in [3.63, 3.8) is 0 Å². The van der Waals surface area contributed by atoms with E-state index < -0.39 is 0 Å². The number of hydrogen-bond acceptors (Lipinski definition) is 2. The second kappa shape index (κ2) is 5.24. The van der Waals surface area contributed by atoms with Gasteiger partial charge in [-0.3, -0.25) is 0 Å². The highest BCUT2D eigenvalue weighted by Gasteiger charge is 2.34. The molecule has 0 aromatic rings. The van der Waals surface area contributed by atoms with Gasteiger partial charge in [0.2, 0.25) is 0 Å². The molecule has 90 valence electrons. The Morgan fingerprint density at radius 1 is 1.44 bits per heavy atom. The lowest BCUT2D eigenvalue weighted by molar-refractivity contribution is 0.145. The molecule has 0 aromatic heterocycles. The highest BCUT2D eigenvalue weighted by Crippen LogP contribution is 2.29. The van der Waals surface area contributed by atoms with Crippen LogP contribution in [0, 0.1) is 0 Å². The molecule has 2 unspecified atom stereocenters. The van der Waals surface area contributed by atoms with Crippen LogP contribution in [0.5, 0.6) is 0 Å². The monoisotopic (exact) mass is 220 g/mol. The van der Waals surface area contributed by atoms with Crippen LogP contribution < -0.4 is 5.32 Å². The molecule has 16 heavy (non-hydrogen) atoms. The summed E-state index contributed by atoms with van der Waals surface area (Å²) in [6, 6.07) is 0.616. The molecule has 2 heteroatoms. The summed E-state index contributed by atoms with van der Waals surface area (Å²) < 4.78 is 0. The third kappa shape index (κ3) is 2.49. The van der Waals surface area contributed by atoms with E-state index in [9.17, 15) is 0 Å². The maximum Gasteiger partial charge on any atom is 0.0708 e. The van der Waals surface area contributed by atoms with E-state index in [4.69, 9.17) is 0 Å². The van der Waals surface area contributed by atoms with Gasteiger partial charge in [0.1, 0.15) is 0 Å². The zero-order valence-corrected chi connectivity index (χ0v) is 10.7. The first-order chi connectivity index (χ1) is 7.56. The van der Waals surface area contributed by atoms with Crippen LogP contribution in [0.4, 0.5) is 0 Å². The van der Waals surface area contributed by atoms with Crippen molar-refractivity contribution in [1.82, 2.24) is 10.2 Å². The van der Waals surface area contributed by atoms with Gasteiger partial charge in [-0.05, 0) is 38.7 Å². The molecule has 2 nitrogen and oxygen atoms in total. The molecule has 0 spiro atoms. The first-order valence-electron chi connectivity index (χ1n) is 6.03. The van der Waals surface area contributed by atoms with Gasteiger partial charge < -0.3 is 10.2 Å². The predicted octanol–water partition coefficient (Wildman–Crippen LogP) is 3.05. The zero-order valence-electron chi connectivity index (χ0n) is 10.7. The number of nitrogens with zero attached hydrogens (tertiary/aromatic N) is 1. The van der Waals surface area contributed by atoms with Crippen LogP contribution in [0.1, 0.15) is 33.6 Å². The molecule has 0 aromatic carbocycles. The van der Waals surface area contributed by atoms with Crippen LogP contribution in [0.2, 0.25) is 0 Å². The van der Waals surface area contributed by atoms with E-state index in [0.717, 1.165) is 0 Å². The van der Waals surface area contributed by atoms with Crippen LogP contribution in [-0.2, 0) is 0 Å². The lowest BCUT2D eigenvalue weighted by Crippen LogP contribution is -2.49. The first kappa shape index (κ1) is 12.9. The van der Waals surface area contributed by atoms with Crippen molar-refractivity contribution in [2.24, 2.45) is 0 Å². The lowest BCUT2D eigenvalue weighted by Gasteiger charge is -2.41. The minimum atomic E-state index is 0.182. The van der Waals surface area contributed by atoms with Crippen molar-refractivity contribution < 1.29 is 0 Å². The molecule has 0 amide bonds. The van der Waals surface area contributed by atoms with Crippen LogP contribution in [0.25, 0.3) is 0 Å². The maximum atomic E-state index is 3.94. The highest BCUT2D eigenvalue weighted by atomic mass is 15.2. The lowest BCUT2D eigenvalue weighted by atomic mass is 9.94.